The second-order valence-electron chi connectivity index (χ2n) is 5.40. The lowest BCUT2D eigenvalue weighted by Gasteiger charge is -2.28. The van der Waals surface area contributed by atoms with Gasteiger partial charge in [-0.1, -0.05) is 30.3 Å². The molecule has 0 unspecified atom stereocenters. The predicted octanol–water partition coefficient (Wildman–Crippen LogP) is 3.97. The summed E-state index contributed by atoms with van der Waals surface area (Å²) in [6.45, 7) is 0.922. The van der Waals surface area contributed by atoms with E-state index in [1.165, 1.54) is 43.0 Å². The SMILES string of the molecule is COCCC[SiH]1CCC(c2ccc(F)cc2)CC1. The second-order valence-corrected chi connectivity index (χ2v) is 8.87. The van der Waals surface area contributed by atoms with Crippen LogP contribution in [-0.2, 0) is 4.74 Å². The summed E-state index contributed by atoms with van der Waals surface area (Å²) in [5, 5.41) is 0. The van der Waals surface area contributed by atoms with Gasteiger partial charge in [0.05, 0.1) is 0 Å². The van der Waals surface area contributed by atoms with E-state index in [4.69, 9.17) is 4.74 Å². The van der Waals surface area contributed by atoms with Crippen LogP contribution >= 0.6 is 0 Å². The van der Waals surface area contributed by atoms with Gasteiger partial charge in [0.15, 0.2) is 0 Å². The molecule has 0 aliphatic carbocycles. The molecule has 1 aromatic rings. The van der Waals surface area contributed by atoms with Crippen molar-refractivity contribution in [3.63, 3.8) is 0 Å². The van der Waals surface area contributed by atoms with Gasteiger partial charge in [-0.3, -0.25) is 0 Å². The van der Waals surface area contributed by atoms with Crippen molar-refractivity contribution in [3.05, 3.63) is 35.6 Å². The average Bonchev–Trinajstić information content (AvgIpc) is 2.41. The van der Waals surface area contributed by atoms with Crippen LogP contribution in [0.5, 0.6) is 0 Å². The number of rotatable bonds is 5. The number of hydrogen-bond donors (Lipinski definition) is 0. The highest BCUT2D eigenvalue weighted by Crippen LogP contribution is 2.34. The first-order chi connectivity index (χ1) is 8.79. The van der Waals surface area contributed by atoms with E-state index in [-0.39, 0.29) is 5.82 Å². The van der Waals surface area contributed by atoms with Crippen LogP contribution in [0.3, 0.4) is 0 Å². The van der Waals surface area contributed by atoms with Crippen LogP contribution in [0.15, 0.2) is 24.3 Å². The zero-order chi connectivity index (χ0) is 12.8. The van der Waals surface area contributed by atoms with Gasteiger partial charge in [0.2, 0.25) is 0 Å². The van der Waals surface area contributed by atoms with Crippen molar-refractivity contribution in [2.45, 2.75) is 43.3 Å². The maximum Gasteiger partial charge on any atom is 0.123 e. The van der Waals surface area contributed by atoms with Gasteiger partial charge < -0.3 is 4.74 Å². The fourth-order valence-electron chi connectivity index (χ4n) is 3.04. The molecule has 0 bridgehead atoms. The standard InChI is InChI=1S/C15H23FOSi/c1-17-9-2-10-18-11-7-14(8-12-18)13-3-5-15(16)6-4-13/h3-6,14,18H,2,7-12H2,1H3. The van der Waals surface area contributed by atoms with Gasteiger partial charge in [-0.15, -0.1) is 0 Å². The average molecular weight is 266 g/mol. The number of benzene rings is 1. The topological polar surface area (TPSA) is 9.23 Å². The molecule has 1 nitrogen and oxygen atoms in total. The molecule has 0 amide bonds. The molecular formula is C15H23FOSi. The molecule has 1 heterocycles. The fraction of sp³-hybridized carbons (Fsp3) is 0.600. The molecule has 3 heteroatoms. The van der Waals surface area contributed by atoms with E-state index in [2.05, 4.69) is 0 Å². The molecule has 1 aromatic carbocycles. The summed E-state index contributed by atoms with van der Waals surface area (Å²) in [7, 11) is 1.30. The first-order valence-corrected chi connectivity index (χ1v) is 9.49. The summed E-state index contributed by atoms with van der Waals surface area (Å²) in [5.41, 5.74) is 1.33. The highest BCUT2D eigenvalue weighted by Gasteiger charge is 2.22. The number of ether oxygens (including phenoxy) is 1. The van der Waals surface area contributed by atoms with Crippen LogP contribution in [0, 0.1) is 5.82 Å². The van der Waals surface area contributed by atoms with Gasteiger partial charge >= 0.3 is 0 Å². The van der Waals surface area contributed by atoms with Crippen LogP contribution in [0.4, 0.5) is 4.39 Å². The third-order valence-electron chi connectivity index (χ3n) is 4.15. The van der Waals surface area contributed by atoms with E-state index in [0.29, 0.717) is 5.92 Å². The van der Waals surface area contributed by atoms with E-state index in [9.17, 15) is 4.39 Å². The third-order valence-corrected chi connectivity index (χ3v) is 7.67. The van der Waals surface area contributed by atoms with Crippen molar-refractivity contribution in [1.82, 2.24) is 0 Å². The highest BCUT2D eigenvalue weighted by molar-refractivity contribution is 6.59. The van der Waals surface area contributed by atoms with Crippen LogP contribution in [0.25, 0.3) is 0 Å². The van der Waals surface area contributed by atoms with Gasteiger partial charge in [0.1, 0.15) is 5.82 Å². The number of methoxy groups -OCH3 is 1. The number of halogens is 1. The van der Waals surface area contributed by atoms with Gasteiger partial charge in [-0.05, 0) is 42.9 Å². The zero-order valence-electron chi connectivity index (χ0n) is 11.2. The molecule has 0 N–H and O–H groups in total. The quantitative estimate of drug-likeness (QED) is 0.579. The summed E-state index contributed by atoms with van der Waals surface area (Å²) in [4.78, 5) is 0. The smallest absolute Gasteiger partial charge is 0.123 e. The van der Waals surface area contributed by atoms with Crippen LogP contribution in [0.2, 0.25) is 18.1 Å². The van der Waals surface area contributed by atoms with Crippen molar-refractivity contribution in [2.75, 3.05) is 13.7 Å². The van der Waals surface area contributed by atoms with Crippen LogP contribution in [0.1, 0.15) is 30.7 Å². The van der Waals surface area contributed by atoms with Crippen LogP contribution in [-0.4, -0.2) is 22.5 Å². The Kier molecular flexibility index (Phi) is 5.38. The molecule has 0 atom stereocenters. The number of hydrogen-bond acceptors (Lipinski definition) is 1. The maximum absolute atomic E-state index is 12.9. The lowest BCUT2D eigenvalue weighted by Crippen LogP contribution is -2.20. The first kappa shape index (κ1) is 13.8. The predicted molar refractivity (Wildman–Crippen MR) is 76.4 cm³/mol. The van der Waals surface area contributed by atoms with Gasteiger partial charge in [0, 0.05) is 22.5 Å². The normalized spacial score (nSPS) is 24.1. The van der Waals surface area contributed by atoms with E-state index in [1.807, 2.05) is 12.1 Å². The lowest BCUT2D eigenvalue weighted by atomic mass is 9.93. The minimum absolute atomic E-state index is 0.124. The Morgan fingerprint density at radius 3 is 2.50 bits per heavy atom. The summed E-state index contributed by atoms with van der Waals surface area (Å²) in [5.74, 6) is 0.554. The highest BCUT2D eigenvalue weighted by atomic mass is 28.3. The minimum atomic E-state index is -0.484. The molecule has 0 spiro atoms. The summed E-state index contributed by atoms with van der Waals surface area (Å²) in [6.07, 6.45) is 3.87. The maximum atomic E-state index is 12.9. The third kappa shape index (κ3) is 3.92. The molecular weight excluding hydrogens is 243 g/mol. The Balaban J connectivity index is 1.77. The van der Waals surface area contributed by atoms with Crippen LogP contribution < -0.4 is 0 Å². The monoisotopic (exact) mass is 266 g/mol. The van der Waals surface area contributed by atoms with E-state index in [1.54, 1.807) is 19.2 Å². The molecule has 1 saturated heterocycles. The summed E-state index contributed by atoms with van der Waals surface area (Å²) >= 11 is 0. The fourth-order valence-corrected chi connectivity index (χ4v) is 6.39. The Bertz CT molecular complexity index is 344. The second kappa shape index (κ2) is 7.05. The molecule has 2 rings (SSSR count). The molecule has 0 aromatic heterocycles. The largest absolute Gasteiger partial charge is 0.385 e. The molecule has 100 valence electrons. The van der Waals surface area contributed by atoms with Crippen molar-refractivity contribution in [2.24, 2.45) is 0 Å². The van der Waals surface area contributed by atoms with E-state index >= 15 is 0 Å². The summed E-state index contributed by atoms with van der Waals surface area (Å²) in [6, 6.07) is 11.5. The van der Waals surface area contributed by atoms with Crippen molar-refractivity contribution in [3.8, 4) is 0 Å². The molecule has 18 heavy (non-hydrogen) atoms. The van der Waals surface area contributed by atoms with Crippen molar-refractivity contribution in [1.29, 1.82) is 0 Å². The van der Waals surface area contributed by atoms with Crippen molar-refractivity contribution < 1.29 is 9.13 Å². The molecule has 1 fully saturated rings. The zero-order valence-corrected chi connectivity index (χ0v) is 12.4. The molecule has 0 saturated carbocycles. The van der Waals surface area contributed by atoms with Crippen molar-refractivity contribution >= 4 is 8.80 Å². The van der Waals surface area contributed by atoms with E-state index in [0.717, 1.165) is 6.61 Å². The summed E-state index contributed by atoms with van der Waals surface area (Å²) < 4.78 is 18.0. The molecule has 1 aliphatic heterocycles. The Labute approximate surface area is 111 Å². The van der Waals surface area contributed by atoms with Gasteiger partial charge in [-0.25, -0.2) is 4.39 Å². The lowest BCUT2D eigenvalue weighted by molar-refractivity contribution is 0.199. The van der Waals surface area contributed by atoms with Gasteiger partial charge in [0.25, 0.3) is 0 Å². The molecule has 0 radical (unpaired) electrons. The minimum Gasteiger partial charge on any atom is -0.385 e. The Hall–Kier alpha value is -0.673. The Morgan fingerprint density at radius 2 is 1.89 bits per heavy atom. The van der Waals surface area contributed by atoms with Gasteiger partial charge in [-0.2, -0.15) is 0 Å². The molecule has 1 aliphatic rings. The Morgan fingerprint density at radius 1 is 1.22 bits per heavy atom. The van der Waals surface area contributed by atoms with E-state index < -0.39 is 8.80 Å². The first-order valence-electron chi connectivity index (χ1n) is 7.04.